The van der Waals surface area contributed by atoms with Gasteiger partial charge in [0, 0.05) is 5.56 Å². The van der Waals surface area contributed by atoms with E-state index in [1.165, 1.54) is 6.21 Å². The molecule has 0 spiro atoms. The molecule has 134 valence electrons. The highest BCUT2D eigenvalue weighted by molar-refractivity contribution is 5.86. The number of hydrogen-bond donors (Lipinski definition) is 1. The first-order valence-corrected chi connectivity index (χ1v) is 7.76. The molecule has 0 aromatic heterocycles. The van der Waals surface area contributed by atoms with Crippen molar-refractivity contribution in [2.45, 2.75) is 6.10 Å². The normalized spacial score (nSPS) is 15.5. The molecule has 1 heterocycles. The van der Waals surface area contributed by atoms with Crippen molar-refractivity contribution in [3.05, 3.63) is 54.1 Å². The van der Waals surface area contributed by atoms with Crippen LogP contribution in [0, 0.1) is 0 Å². The van der Waals surface area contributed by atoms with E-state index in [9.17, 15) is 14.7 Å². The summed E-state index contributed by atoms with van der Waals surface area (Å²) in [5.41, 5.74) is 2.87. The van der Waals surface area contributed by atoms with Crippen LogP contribution in [0.5, 0.6) is 17.2 Å². The van der Waals surface area contributed by atoms with Gasteiger partial charge in [0.05, 0.1) is 12.2 Å². The average Bonchev–Trinajstić information content (AvgIpc) is 2.66. The fourth-order valence-electron chi connectivity index (χ4n) is 2.24. The number of hydrazone groups is 1. The molecule has 0 saturated heterocycles. The number of hydrogen-bond acceptors (Lipinski definition) is 7. The van der Waals surface area contributed by atoms with Crippen LogP contribution in [0.15, 0.2) is 53.6 Å². The van der Waals surface area contributed by atoms with Gasteiger partial charge in [-0.1, -0.05) is 24.3 Å². The number of carboxylic acids is 1. The molecule has 1 aliphatic rings. The molecular weight excluding hydrogens is 340 g/mol. The third-order valence-electron chi connectivity index (χ3n) is 3.44. The number of benzene rings is 2. The number of aliphatic carboxylic acids is 1. The molecule has 8 heteroatoms. The van der Waals surface area contributed by atoms with Gasteiger partial charge < -0.3 is 24.1 Å². The van der Waals surface area contributed by atoms with Gasteiger partial charge in [-0.05, 0) is 24.3 Å². The Morgan fingerprint density at radius 2 is 1.92 bits per heavy atom. The second kappa shape index (κ2) is 8.02. The minimum atomic E-state index is -1.33. The second-order valence-electron chi connectivity index (χ2n) is 5.30. The van der Waals surface area contributed by atoms with Crippen molar-refractivity contribution in [2.24, 2.45) is 5.10 Å². The largest absolute Gasteiger partial charge is 0.546 e. The van der Waals surface area contributed by atoms with Crippen molar-refractivity contribution in [3.8, 4) is 17.2 Å². The van der Waals surface area contributed by atoms with Gasteiger partial charge >= 0.3 is 0 Å². The summed E-state index contributed by atoms with van der Waals surface area (Å²) in [7, 11) is 0. The van der Waals surface area contributed by atoms with Crippen molar-refractivity contribution in [2.75, 3.05) is 13.2 Å². The number of carboxylic acid groups (broad SMARTS) is 1. The molecule has 0 saturated carbocycles. The van der Waals surface area contributed by atoms with Gasteiger partial charge in [0.1, 0.15) is 19.0 Å². The molecule has 1 aliphatic heterocycles. The minimum absolute atomic E-state index is 0.0731. The van der Waals surface area contributed by atoms with Crippen LogP contribution in [-0.2, 0) is 9.59 Å². The van der Waals surface area contributed by atoms with Crippen LogP contribution in [0.3, 0.4) is 0 Å². The van der Waals surface area contributed by atoms with Gasteiger partial charge in [0.25, 0.3) is 5.91 Å². The molecule has 3 rings (SSSR count). The molecule has 0 unspecified atom stereocenters. The molecule has 0 fully saturated rings. The molecule has 2 aromatic carbocycles. The Bertz CT molecular complexity index is 836. The Labute approximate surface area is 149 Å². The highest BCUT2D eigenvalue weighted by Crippen LogP contribution is 2.30. The highest BCUT2D eigenvalue weighted by Gasteiger charge is 2.26. The molecule has 0 radical (unpaired) electrons. The van der Waals surface area contributed by atoms with Crippen molar-refractivity contribution in [3.63, 3.8) is 0 Å². The van der Waals surface area contributed by atoms with E-state index in [1.54, 1.807) is 42.5 Å². The zero-order valence-electron chi connectivity index (χ0n) is 13.6. The summed E-state index contributed by atoms with van der Waals surface area (Å²) < 4.78 is 16.2. The molecule has 0 bridgehead atoms. The number of ether oxygens (including phenoxy) is 3. The van der Waals surface area contributed by atoms with Crippen LogP contribution in [0.25, 0.3) is 0 Å². The van der Waals surface area contributed by atoms with E-state index >= 15 is 0 Å². The lowest BCUT2D eigenvalue weighted by Crippen LogP contribution is -2.42. The average molecular weight is 355 g/mol. The van der Waals surface area contributed by atoms with Gasteiger partial charge in [-0.3, -0.25) is 4.79 Å². The van der Waals surface area contributed by atoms with E-state index in [1.807, 2.05) is 6.07 Å². The van der Waals surface area contributed by atoms with E-state index in [-0.39, 0.29) is 6.61 Å². The highest BCUT2D eigenvalue weighted by atomic mass is 16.6. The molecule has 2 aromatic rings. The predicted molar refractivity (Wildman–Crippen MR) is 89.0 cm³/mol. The maximum absolute atomic E-state index is 12.2. The lowest BCUT2D eigenvalue weighted by molar-refractivity contribution is -0.307. The molecule has 8 nitrogen and oxygen atoms in total. The van der Waals surface area contributed by atoms with E-state index in [2.05, 4.69) is 10.5 Å². The molecule has 1 amide bonds. The summed E-state index contributed by atoms with van der Waals surface area (Å²) in [6.45, 7) is -0.506. The fraction of sp³-hybridized carbons (Fsp3) is 0.167. The third kappa shape index (κ3) is 4.29. The number of nitrogens with one attached hydrogen (secondary N) is 1. The number of para-hydroxylation sites is 3. The van der Waals surface area contributed by atoms with Gasteiger partial charge in [0.15, 0.2) is 11.5 Å². The number of rotatable bonds is 6. The van der Waals surface area contributed by atoms with Crippen LogP contribution in [0.1, 0.15) is 5.56 Å². The molecule has 0 aliphatic carbocycles. The topological polar surface area (TPSA) is 109 Å². The van der Waals surface area contributed by atoms with Crippen molar-refractivity contribution in [1.29, 1.82) is 0 Å². The van der Waals surface area contributed by atoms with E-state index in [0.29, 0.717) is 22.8 Å². The van der Waals surface area contributed by atoms with Crippen molar-refractivity contribution >= 4 is 18.1 Å². The van der Waals surface area contributed by atoms with Crippen LogP contribution >= 0.6 is 0 Å². The molecule has 1 atom stereocenters. The SMILES string of the molecule is O=C([O-])COc1ccccc1/C=N/NC(=O)[C@H]1COc2ccccc2O1. The Morgan fingerprint density at radius 1 is 1.19 bits per heavy atom. The van der Waals surface area contributed by atoms with Gasteiger partial charge in [0.2, 0.25) is 6.10 Å². The number of carbonyl (C=O) groups is 2. The Hall–Kier alpha value is -3.55. The maximum atomic E-state index is 12.2. The quantitative estimate of drug-likeness (QED) is 0.582. The van der Waals surface area contributed by atoms with Crippen LogP contribution in [0.4, 0.5) is 0 Å². The standard InChI is InChI=1S/C18H16N2O6/c21-17(22)11-25-13-6-2-1-5-12(13)9-19-20-18(23)16-10-24-14-7-3-4-8-15(14)26-16/h1-9,16H,10-11H2,(H,20,23)(H,21,22)/p-1/b19-9+/t16-/m1/s1. The van der Waals surface area contributed by atoms with Crippen molar-refractivity contribution in [1.82, 2.24) is 5.43 Å². The molecular formula is C18H15N2O6-. The third-order valence-corrected chi connectivity index (χ3v) is 3.44. The first-order valence-electron chi connectivity index (χ1n) is 7.76. The molecule has 1 N–H and O–H groups in total. The number of fused-ring (bicyclic) bond motifs is 1. The summed E-state index contributed by atoms with van der Waals surface area (Å²) in [5.74, 6) is -0.424. The van der Waals surface area contributed by atoms with Gasteiger partial charge in [-0.15, -0.1) is 0 Å². The van der Waals surface area contributed by atoms with Crippen LogP contribution in [-0.4, -0.2) is 37.4 Å². The summed E-state index contributed by atoms with van der Waals surface area (Å²) in [6.07, 6.45) is 0.520. The smallest absolute Gasteiger partial charge is 0.284 e. The Morgan fingerprint density at radius 3 is 2.73 bits per heavy atom. The monoisotopic (exact) mass is 355 g/mol. The number of carbonyl (C=O) groups excluding carboxylic acids is 2. The predicted octanol–water partition coefficient (Wildman–Crippen LogP) is 0.105. The summed E-state index contributed by atoms with van der Waals surface area (Å²) in [4.78, 5) is 22.6. The lowest BCUT2D eigenvalue weighted by atomic mass is 10.2. The minimum Gasteiger partial charge on any atom is -0.546 e. The van der Waals surface area contributed by atoms with E-state index in [4.69, 9.17) is 14.2 Å². The van der Waals surface area contributed by atoms with Crippen molar-refractivity contribution < 1.29 is 28.9 Å². The van der Waals surface area contributed by atoms with E-state index in [0.717, 1.165) is 0 Å². The van der Waals surface area contributed by atoms with E-state index < -0.39 is 24.6 Å². The zero-order valence-corrected chi connectivity index (χ0v) is 13.6. The maximum Gasteiger partial charge on any atom is 0.284 e. The van der Waals surface area contributed by atoms with Gasteiger partial charge in [-0.2, -0.15) is 5.10 Å². The Balaban J connectivity index is 1.59. The Kier molecular flexibility index (Phi) is 5.33. The van der Waals surface area contributed by atoms with Crippen LogP contribution in [0.2, 0.25) is 0 Å². The summed E-state index contributed by atoms with van der Waals surface area (Å²) >= 11 is 0. The number of nitrogens with zero attached hydrogens (tertiary/aromatic N) is 1. The molecule has 26 heavy (non-hydrogen) atoms. The lowest BCUT2D eigenvalue weighted by Gasteiger charge is -2.24. The van der Waals surface area contributed by atoms with Crippen LogP contribution < -0.4 is 24.7 Å². The van der Waals surface area contributed by atoms with Gasteiger partial charge in [-0.25, -0.2) is 5.43 Å². The summed E-state index contributed by atoms with van der Waals surface area (Å²) in [5, 5.41) is 14.4. The fourth-order valence-corrected chi connectivity index (χ4v) is 2.24. The zero-order chi connectivity index (χ0) is 18.4. The number of amides is 1. The first kappa shape index (κ1) is 17.3. The first-order chi connectivity index (χ1) is 12.6. The second-order valence-corrected chi connectivity index (χ2v) is 5.30. The summed E-state index contributed by atoms with van der Waals surface area (Å²) in [6, 6.07) is 13.7.